The van der Waals surface area contributed by atoms with Gasteiger partial charge in [0.25, 0.3) is 0 Å². The fraction of sp³-hybridized carbons (Fsp3) is 0.500. The summed E-state index contributed by atoms with van der Waals surface area (Å²) in [7, 11) is 0. The first-order valence-electron chi connectivity index (χ1n) is 6.30. The molecule has 1 aromatic heterocycles. The summed E-state index contributed by atoms with van der Waals surface area (Å²) in [5.41, 5.74) is 3.86. The van der Waals surface area contributed by atoms with Crippen molar-refractivity contribution in [2.75, 3.05) is 0 Å². The Morgan fingerprint density at radius 3 is 2.81 bits per heavy atom. The number of aryl methyl sites for hydroxylation is 1. The van der Waals surface area contributed by atoms with Crippen LogP contribution in [0.15, 0.2) is 18.2 Å². The lowest BCUT2D eigenvalue weighted by Gasteiger charge is -2.20. The minimum Gasteiger partial charge on any atom is -0.281 e. The van der Waals surface area contributed by atoms with Gasteiger partial charge < -0.3 is 0 Å². The highest BCUT2D eigenvalue weighted by atomic mass is 15.1. The van der Waals surface area contributed by atoms with E-state index in [9.17, 15) is 0 Å². The van der Waals surface area contributed by atoms with Gasteiger partial charge in [0.15, 0.2) is 0 Å². The van der Waals surface area contributed by atoms with Crippen molar-refractivity contribution in [3.8, 4) is 0 Å². The van der Waals surface area contributed by atoms with Gasteiger partial charge in [-0.15, -0.1) is 0 Å². The molecule has 1 heterocycles. The quantitative estimate of drug-likeness (QED) is 0.765. The molecular formula is C14H18N2. The number of hydrogen-bond acceptors (Lipinski definition) is 1. The van der Waals surface area contributed by atoms with Gasteiger partial charge in [-0.3, -0.25) is 5.10 Å². The predicted octanol–water partition coefficient (Wildman–Crippen LogP) is 3.92. The Labute approximate surface area is 96.1 Å². The molecule has 1 saturated carbocycles. The largest absolute Gasteiger partial charge is 0.281 e. The number of hydrogen-bond donors (Lipinski definition) is 1. The second-order valence-electron chi connectivity index (χ2n) is 4.94. The molecule has 2 nitrogen and oxygen atoms in total. The molecule has 0 unspecified atom stereocenters. The maximum atomic E-state index is 4.43. The molecule has 0 radical (unpaired) electrons. The average molecular weight is 214 g/mol. The summed E-state index contributed by atoms with van der Waals surface area (Å²) in [5.74, 6) is 0.708. The van der Waals surface area contributed by atoms with Crippen molar-refractivity contribution in [2.24, 2.45) is 0 Å². The van der Waals surface area contributed by atoms with Crippen molar-refractivity contribution in [3.05, 3.63) is 29.5 Å². The van der Waals surface area contributed by atoms with Gasteiger partial charge in [-0.2, -0.15) is 5.10 Å². The molecule has 1 aliphatic rings. The topological polar surface area (TPSA) is 28.7 Å². The lowest BCUT2D eigenvalue weighted by molar-refractivity contribution is 0.438. The van der Waals surface area contributed by atoms with Gasteiger partial charge in [-0.05, 0) is 31.4 Å². The lowest BCUT2D eigenvalue weighted by atomic mass is 9.85. The molecule has 2 heteroatoms. The number of rotatable bonds is 1. The molecule has 1 fully saturated rings. The average Bonchev–Trinajstić information content (AvgIpc) is 2.75. The first-order chi connectivity index (χ1) is 7.86. The molecular weight excluding hydrogens is 196 g/mol. The van der Waals surface area contributed by atoms with E-state index >= 15 is 0 Å². The number of benzene rings is 1. The molecule has 1 N–H and O–H groups in total. The second kappa shape index (κ2) is 3.93. The zero-order valence-electron chi connectivity index (χ0n) is 9.79. The van der Waals surface area contributed by atoms with Crippen LogP contribution in [0.2, 0.25) is 0 Å². The van der Waals surface area contributed by atoms with Gasteiger partial charge in [0.05, 0.1) is 5.52 Å². The first-order valence-corrected chi connectivity index (χ1v) is 6.30. The highest BCUT2D eigenvalue weighted by molar-refractivity contribution is 5.85. The van der Waals surface area contributed by atoms with Gasteiger partial charge in [0.2, 0.25) is 0 Å². The third kappa shape index (κ3) is 1.53. The van der Waals surface area contributed by atoms with Crippen LogP contribution < -0.4 is 0 Å². The van der Waals surface area contributed by atoms with Crippen molar-refractivity contribution in [1.82, 2.24) is 10.2 Å². The van der Waals surface area contributed by atoms with Crippen molar-refractivity contribution in [2.45, 2.75) is 44.9 Å². The van der Waals surface area contributed by atoms with Crippen LogP contribution in [0.4, 0.5) is 0 Å². The summed E-state index contributed by atoms with van der Waals surface area (Å²) in [6.07, 6.45) is 6.80. The van der Waals surface area contributed by atoms with Gasteiger partial charge in [0.1, 0.15) is 0 Å². The highest BCUT2D eigenvalue weighted by Gasteiger charge is 2.20. The van der Waals surface area contributed by atoms with Crippen LogP contribution in [0.25, 0.3) is 10.9 Å². The van der Waals surface area contributed by atoms with Crippen LogP contribution in [0, 0.1) is 6.92 Å². The molecule has 0 bridgehead atoms. The van der Waals surface area contributed by atoms with Gasteiger partial charge in [-0.25, -0.2) is 0 Å². The number of nitrogens with one attached hydrogen (secondary N) is 1. The fourth-order valence-corrected chi connectivity index (χ4v) is 2.96. The van der Waals surface area contributed by atoms with Crippen LogP contribution in [0.3, 0.4) is 0 Å². The minimum absolute atomic E-state index is 0.708. The van der Waals surface area contributed by atoms with Crippen LogP contribution in [0.1, 0.15) is 49.3 Å². The molecule has 3 rings (SSSR count). The molecule has 0 spiro atoms. The number of fused-ring (bicyclic) bond motifs is 1. The van der Waals surface area contributed by atoms with E-state index in [1.165, 1.54) is 48.7 Å². The zero-order chi connectivity index (χ0) is 11.0. The standard InChI is InChI=1S/C14H18N2/c1-10-6-5-9-12-13(10)14(16-15-12)11-7-3-2-4-8-11/h5-6,9,11H,2-4,7-8H2,1H3,(H,15,16). The molecule has 0 amide bonds. The smallest absolute Gasteiger partial charge is 0.0926 e. The Bertz CT molecular complexity index is 492. The number of nitrogens with zero attached hydrogens (tertiary/aromatic N) is 1. The molecule has 0 saturated heterocycles. The van der Waals surface area contributed by atoms with Crippen molar-refractivity contribution >= 4 is 10.9 Å². The molecule has 16 heavy (non-hydrogen) atoms. The summed E-state index contributed by atoms with van der Waals surface area (Å²) in [6, 6.07) is 6.37. The Hall–Kier alpha value is -1.31. The summed E-state index contributed by atoms with van der Waals surface area (Å²) < 4.78 is 0. The first kappa shape index (κ1) is 9.88. The zero-order valence-corrected chi connectivity index (χ0v) is 9.79. The SMILES string of the molecule is Cc1cccc2n[nH]c(C3CCCCC3)c12. The predicted molar refractivity (Wildman–Crippen MR) is 66.7 cm³/mol. The maximum absolute atomic E-state index is 4.43. The molecule has 2 aromatic rings. The van der Waals surface area contributed by atoms with Crippen LogP contribution >= 0.6 is 0 Å². The lowest BCUT2D eigenvalue weighted by Crippen LogP contribution is -2.05. The van der Waals surface area contributed by atoms with Crippen molar-refractivity contribution < 1.29 is 0 Å². The van der Waals surface area contributed by atoms with E-state index in [0.717, 1.165) is 5.52 Å². The van der Waals surface area contributed by atoms with E-state index < -0.39 is 0 Å². The van der Waals surface area contributed by atoms with E-state index in [4.69, 9.17) is 0 Å². The Morgan fingerprint density at radius 2 is 2.00 bits per heavy atom. The highest BCUT2D eigenvalue weighted by Crippen LogP contribution is 2.35. The number of aromatic nitrogens is 2. The van der Waals surface area contributed by atoms with E-state index in [-0.39, 0.29) is 0 Å². The fourth-order valence-electron chi connectivity index (χ4n) is 2.96. The summed E-state index contributed by atoms with van der Waals surface area (Å²) in [5, 5.41) is 9.07. The van der Waals surface area contributed by atoms with Crippen LogP contribution in [0.5, 0.6) is 0 Å². The number of aromatic amines is 1. The minimum atomic E-state index is 0.708. The third-order valence-corrected chi connectivity index (χ3v) is 3.83. The summed E-state index contributed by atoms with van der Waals surface area (Å²) >= 11 is 0. The summed E-state index contributed by atoms with van der Waals surface area (Å²) in [6.45, 7) is 2.18. The van der Waals surface area contributed by atoms with Gasteiger partial charge in [-0.1, -0.05) is 31.4 Å². The van der Waals surface area contributed by atoms with E-state index in [1.54, 1.807) is 0 Å². The van der Waals surface area contributed by atoms with Crippen LogP contribution in [-0.4, -0.2) is 10.2 Å². The molecule has 0 atom stereocenters. The third-order valence-electron chi connectivity index (χ3n) is 3.83. The number of H-pyrrole nitrogens is 1. The monoisotopic (exact) mass is 214 g/mol. The Balaban J connectivity index is 2.09. The Kier molecular flexibility index (Phi) is 2.43. The normalized spacial score (nSPS) is 18.1. The molecule has 0 aliphatic heterocycles. The summed E-state index contributed by atoms with van der Waals surface area (Å²) in [4.78, 5) is 0. The maximum Gasteiger partial charge on any atom is 0.0926 e. The van der Waals surface area contributed by atoms with Crippen molar-refractivity contribution in [1.29, 1.82) is 0 Å². The van der Waals surface area contributed by atoms with Gasteiger partial charge >= 0.3 is 0 Å². The van der Waals surface area contributed by atoms with E-state index in [2.05, 4.69) is 35.3 Å². The second-order valence-corrected chi connectivity index (χ2v) is 4.94. The molecule has 1 aromatic carbocycles. The van der Waals surface area contributed by atoms with Gasteiger partial charge in [0, 0.05) is 17.0 Å². The Morgan fingerprint density at radius 1 is 1.19 bits per heavy atom. The van der Waals surface area contributed by atoms with E-state index in [0.29, 0.717) is 5.92 Å². The van der Waals surface area contributed by atoms with Crippen molar-refractivity contribution in [3.63, 3.8) is 0 Å². The van der Waals surface area contributed by atoms with Crippen LogP contribution in [-0.2, 0) is 0 Å². The molecule has 1 aliphatic carbocycles. The van der Waals surface area contributed by atoms with E-state index in [1.807, 2.05) is 0 Å². The molecule has 84 valence electrons.